The Kier molecular flexibility index (Phi) is 6.55. The molecule has 1 amide bonds. The number of anilines is 1. The van der Waals surface area contributed by atoms with Crippen LogP contribution in [0.2, 0.25) is 0 Å². The number of esters is 1. The van der Waals surface area contributed by atoms with Crippen LogP contribution < -0.4 is 10.1 Å². The highest BCUT2D eigenvalue weighted by atomic mass is 19.1. The van der Waals surface area contributed by atoms with E-state index in [9.17, 15) is 14.0 Å². The van der Waals surface area contributed by atoms with Gasteiger partial charge in [-0.3, -0.25) is 4.79 Å². The van der Waals surface area contributed by atoms with Crippen LogP contribution in [0.4, 0.5) is 10.1 Å². The van der Waals surface area contributed by atoms with Crippen molar-refractivity contribution in [3.05, 3.63) is 59.9 Å². The Bertz CT molecular complexity index is 800. The van der Waals surface area contributed by atoms with Crippen LogP contribution in [0.3, 0.4) is 0 Å². The number of rotatable bonds is 7. The molecule has 144 valence electrons. The lowest BCUT2D eigenvalue weighted by Crippen LogP contribution is -2.41. The zero-order valence-electron chi connectivity index (χ0n) is 15.9. The molecular weight excluding hydrogens is 349 g/mol. The quantitative estimate of drug-likeness (QED) is 0.736. The Labute approximate surface area is 158 Å². The first-order valence-corrected chi connectivity index (χ1v) is 8.69. The predicted octanol–water partition coefficient (Wildman–Crippen LogP) is 4.29. The van der Waals surface area contributed by atoms with Crippen LogP contribution in [0.1, 0.15) is 39.2 Å². The summed E-state index contributed by atoms with van der Waals surface area (Å²) in [5, 5.41) is 2.76. The van der Waals surface area contributed by atoms with Gasteiger partial charge in [0, 0.05) is 5.69 Å². The summed E-state index contributed by atoms with van der Waals surface area (Å²) in [4.78, 5) is 24.4. The average Bonchev–Trinajstić information content (AvgIpc) is 2.61. The van der Waals surface area contributed by atoms with Gasteiger partial charge in [-0.15, -0.1) is 0 Å². The van der Waals surface area contributed by atoms with Crippen molar-refractivity contribution < 1.29 is 23.5 Å². The average molecular weight is 373 g/mol. The fourth-order valence-corrected chi connectivity index (χ4v) is 2.44. The summed E-state index contributed by atoms with van der Waals surface area (Å²) in [6, 6.07) is 12.8. The number of nitrogens with one attached hydrogen (secondary N) is 1. The second-order valence-electron chi connectivity index (χ2n) is 6.93. The highest BCUT2D eigenvalue weighted by molar-refractivity contribution is 5.94. The van der Waals surface area contributed by atoms with E-state index in [1.165, 1.54) is 38.1 Å². The maximum absolute atomic E-state index is 13.0. The van der Waals surface area contributed by atoms with Crippen LogP contribution >= 0.6 is 0 Å². The van der Waals surface area contributed by atoms with Crippen molar-refractivity contribution in [2.75, 3.05) is 11.9 Å². The third-order valence-corrected chi connectivity index (χ3v) is 3.87. The van der Waals surface area contributed by atoms with E-state index >= 15 is 0 Å². The molecular formula is C21H24FNO4. The van der Waals surface area contributed by atoms with E-state index in [4.69, 9.17) is 9.47 Å². The smallest absolute Gasteiger partial charge is 0.350 e. The molecule has 6 heteroatoms. The third kappa shape index (κ3) is 5.81. The second kappa shape index (κ2) is 8.66. The van der Waals surface area contributed by atoms with Crippen molar-refractivity contribution in [3.63, 3.8) is 0 Å². The fourth-order valence-electron chi connectivity index (χ4n) is 2.44. The van der Waals surface area contributed by atoms with Gasteiger partial charge in [0.2, 0.25) is 0 Å². The van der Waals surface area contributed by atoms with Gasteiger partial charge < -0.3 is 14.8 Å². The normalized spacial score (nSPS) is 11.2. The van der Waals surface area contributed by atoms with Crippen LogP contribution in [0, 0.1) is 5.82 Å². The maximum atomic E-state index is 13.0. The lowest BCUT2D eigenvalue weighted by atomic mass is 10.0. The minimum Gasteiger partial charge on any atom is -0.476 e. The van der Waals surface area contributed by atoms with Gasteiger partial charge in [-0.2, -0.15) is 0 Å². The van der Waals surface area contributed by atoms with E-state index in [1.54, 1.807) is 6.07 Å². The van der Waals surface area contributed by atoms with Crippen molar-refractivity contribution >= 4 is 17.6 Å². The lowest BCUT2D eigenvalue weighted by Gasteiger charge is -2.24. The van der Waals surface area contributed by atoms with Gasteiger partial charge >= 0.3 is 5.97 Å². The molecule has 0 spiro atoms. The van der Waals surface area contributed by atoms with Crippen molar-refractivity contribution in [1.82, 2.24) is 0 Å². The summed E-state index contributed by atoms with van der Waals surface area (Å²) in [6.07, 6.45) is 0. The van der Waals surface area contributed by atoms with Crippen LogP contribution in [0.25, 0.3) is 0 Å². The number of carbonyl (C=O) groups is 2. The van der Waals surface area contributed by atoms with Gasteiger partial charge in [-0.05, 0) is 55.7 Å². The van der Waals surface area contributed by atoms with Gasteiger partial charge in [-0.1, -0.05) is 32.0 Å². The molecule has 0 saturated carbocycles. The SMILES string of the molecule is CC(C)c1ccccc1NC(=O)COC(=O)C(C)(C)Oc1ccc(F)cc1. The highest BCUT2D eigenvalue weighted by Crippen LogP contribution is 2.24. The third-order valence-electron chi connectivity index (χ3n) is 3.87. The van der Waals surface area contributed by atoms with E-state index < -0.39 is 29.9 Å². The van der Waals surface area contributed by atoms with Crippen LogP contribution in [0.15, 0.2) is 48.5 Å². The number of amides is 1. The molecule has 0 heterocycles. The van der Waals surface area contributed by atoms with Gasteiger partial charge in [0.05, 0.1) is 0 Å². The van der Waals surface area contributed by atoms with Crippen molar-refractivity contribution in [1.29, 1.82) is 0 Å². The number of para-hydroxylation sites is 1. The molecule has 0 aliphatic heterocycles. The number of benzene rings is 2. The molecule has 0 fully saturated rings. The summed E-state index contributed by atoms with van der Waals surface area (Å²) < 4.78 is 23.6. The number of hydrogen-bond donors (Lipinski definition) is 1. The zero-order valence-corrected chi connectivity index (χ0v) is 15.9. The van der Waals surface area contributed by atoms with E-state index in [0.717, 1.165) is 5.56 Å². The minimum absolute atomic E-state index is 0.243. The molecule has 2 aromatic rings. The molecule has 0 saturated heterocycles. The van der Waals surface area contributed by atoms with E-state index in [0.29, 0.717) is 11.4 Å². The summed E-state index contributed by atoms with van der Waals surface area (Å²) >= 11 is 0. The Morgan fingerprint density at radius 3 is 2.33 bits per heavy atom. The summed E-state index contributed by atoms with van der Waals surface area (Å²) in [7, 11) is 0. The highest BCUT2D eigenvalue weighted by Gasteiger charge is 2.32. The van der Waals surface area contributed by atoms with Crippen molar-refractivity contribution in [2.45, 2.75) is 39.2 Å². The molecule has 2 rings (SSSR count). The van der Waals surface area contributed by atoms with Crippen molar-refractivity contribution in [3.8, 4) is 5.75 Å². The van der Waals surface area contributed by atoms with E-state index in [2.05, 4.69) is 5.32 Å². The van der Waals surface area contributed by atoms with Gasteiger partial charge in [-0.25, -0.2) is 9.18 Å². The first-order chi connectivity index (χ1) is 12.7. The van der Waals surface area contributed by atoms with Crippen LogP contribution in [-0.4, -0.2) is 24.1 Å². The topological polar surface area (TPSA) is 64.6 Å². The molecule has 0 aliphatic rings. The van der Waals surface area contributed by atoms with Crippen molar-refractivity contribution in [2.24, 2.45) is 0 Å². The molecule has 27 heavy (non-hydrogen) atoms. The lowest BCUT2D eigenvalue weighted by molar-refractivity contribution is -0.161. The Balaban J connectivity index is 1.92. The van der Waals surface area contributed by atoms with E-state index in [1.807, 2.05) is 32.0 Å². The standard InChI is InChI=1S/C21H24FNO4/c1-14(2)17-7-5-6-8-18(17)23-19(24)13-26-20(25)21(3,4)27-16-11-9-15(22)10-12-16/h5-12,14H,13H2,1-4H3,(H,23,24). The largest absolute Gasteiger partial charge is 0.476 e. The molecule has 0 aromatic heterocycles. The number of carbonyl (C=O) groups excluding carboxylic acids is 2. The fraction of sp³-hybridized carbons (Fsp3) is 0.333. The molecule has 0 aliphatic carbocycles. The molecule has 2 aromatic carbocycles. The summed E-state index contributed by atoms with van der Waals surface area (Å²) in [5.41, 5.74) is 0.362. The van der Waals surface area contributed by atoms with Crippen LogP contribution in [-0.2, 0) is 14.3 Å². The molecule has 0 unspecified atom stereocenters. The number of halogens is 1. The maximum Gasteiger partial charge on any atom is 0.350 e. The second-order valence-corrected chi connectivity index (χ2v) is 6.93. The Morgan fingerprint density at radius 2 is 1.70 bits per heavy atom. The molecule has 0 radical (unpaired) electrons. The first-order valence-electron chi connectivity index (χ1n) is 8.69. The molecule has 1 N–H and O–H groups in total. The summed E-state index contributed by atoms with van der Waals surface area (Å²) in [6.45, 7) is 6.66. The number of hydrogen-bond acceptors (Lipinski definition) is 4. The molecule has 5 nitrogen and oxygen atoms in total. The van der Waals surface area contributed by atoms with Gasteiger partial charge in [0.15, 0.2) is 12.2 Å². The first kappa shape index (κ1) is 20.4. The zero-order chi connectivity index (χ0) is 20.0. The Morgan fingerprint density at radius 1 is 1.07 bits per heavy atom. The summed E-state index contributed by atoms with van der Waals surface area (Å²) in [5.74, 6) is -0.963. The predicted molar refractivity (Wildman–Crippen MR) is 101 cm³/mol. The van der Waals surface area contributed by atoms with Crippen LogP contribution in [0.5, 0.6) is 5.75 Å². The van der Waals surface area contributed by atoms with Gasteiger partial charge in [0.1, 0.15) is 11.6 Å². The number of ether oxygens (including phenoxy) is 2. The molecule has 0 atom stereocenters. The Hall–Kier alpha value is -2.89. The molecule has 0 bridgehead atoms. The minimum atomic E-state index is -1.33. The van der Waals surface area contributed by atoms with E-state index in [-0.39, 0.29) is 5.92 Å². The monoisotopic (exact) mass is 373 g/mol. The van der Waals surface area contributed by atoms with Gasteiger partial charge in [0.25, 0.3) is 5.91 Å².